The van der Waals surface area contributed by atoms with Crippen LogP contribution in [0.4, 0.5) is 0 Å². The van der Waals surface area contributed by atoms with Crippen LogP contribution in [0.3, 0.4) is 0 Å². The minimum atomic E-state index is 0.0117. The highest BCUT2D eigenvalue weighted by Gasteiger charge is 2.26. The number of nitrogens with zero attached hydrogens (tertiary/aromatic N) is 2. The second-order valence-corrected chi connectivity index (χ2v) is 3.73. The molecule has 1 saturated heterocycles. The second kappa shape index (κ2) is 4.14. The molecular formula is C12H12N2O. The zero-order valence-corrected chi connectivity index (χ0v) is 8.39. The number of carbonyl (C=O) groups excluding carboxylic acids is 1. The van der Waals surface area contributed by atoms with Crippen LogP contribution in [0, 0.1) is 17.2 Å². The number of carbonyl (C=O) groups is 1. The average molecular weight is 200 g/mol. The van der Waals surface area contributed by atoms with E-state index >= 15 is 0 Å². The van der Waals surface area contributed by atoms with Crippen LogP contribution >= 0.6 is 0 Å². The fourth-order valence-corrected chi connectivity index (χ4v) is 1.81. The highest BCUT2D eigenvalue weighted by molar-refractivity contribution is 5.94. The molecular weight excluding hydrogens is 188 g/mol. The van der Waals surface area contributed by atoms with Crippen molar-refractivity contribution in [3.05, 3.63) is 35.9 Å². The number of hydrogen-bond acceptors (Lipinski definition) is 2. The maximum absolute atomic E-state index is 11.9. The second-order valence-electron chi connectivity index (χ2n) is 3.73. The van der Waals surface area contributed by atoms with E-state index in [0.717, 1.165) is 6.42 Å². The summed E-state index contributed by atoms with van der Waals surface area (Å²) in [4.78, 5) is 13.7. The molecule has 0 aliphatic carbocycles. The van der Waals surface area contributed by atoms with Gasteiger partial charge in [0.1, 0.15) is 0 Å². The van der Waals surface area contributed by atoms with Gasteiger partial charge in [-0.2, -0.15) is 5.26 Å². The molecule has 1 aliphatic heterocycles. The van der Waals surface area contributed by atoms with E-state index in [1.54, 1.807) is 4.90 Å². The summed E-state index contributed by atoms with van der Waals surface area (Å²) >= 11 is 0. The van der Waals surface area contributed by atoms with Crippen LogP contribution in [0.1, 0.15) is 16.8 Å². The molecule has 0 aromatic heterocycles. The van der Waals surface area contributed by atoms with Gasteiger partial charge in [0.2, 0.25) is 0 Å². The molecule has 2 rings (SSSR count). The summed E-state index contributed by atoms with van der Waals surface area (Å²) in [5, 5.41) is 8.75. The monoisotopic (exact) mass is 200 g/mol. The van der Waals surface area contributed by atoms with Gasteiger partial charge < -0.3 is 4.90 Å². The molecule has 0 radical (unpaired) electrons. The van der Waals surface area contributed by atoms with Crippen LogP contribution in [0.15, 0.2) is 30.3 Å². The van der Waals surface area contributed by atoms with E-state index in [0.29, 0.717) is 18.7 Å². The van der Waals surface area contributed by atoms with Gasteiger partial charge >= 0.3 is 0 Å². The van der Waals surface area contributed by atoms with Crippen LogP contribution in [-0.2, 0) is 0 Å². The number of benzene rings is 1. The number of hydrogen-bond donors (Lipinski definition) is 0. The normalized spacial score (nSPS) is 19.9. The van der Waals surface area contributed by atoms with Gasteiger partial charge in [0.15, 0.2) is 0 Å². The highest BCUT2D eigenvalue weighted by Crippen LogP contribution is 2.17. The van der Waals surface area contributed by atoms with Crippen molar-refractivity contribution in [1.29, 1.82) is 5.26 Å². The van der Waals surface area contributed by atoms with Crippen LogP contribution in [0.2, 0.25) is 0 Å². The van der Waals surface area contributed by atoms with E-state index in [1.165, 1.54) is 0 Å². The number of likely N-dealkylation sites (tertiary alicyclic amines) is 1. The number of rotatable bonds is 1. The molecule has 0 bridgehead atoms. The van der Waals surface area contributed by atoms with E-state index in [2.05, 4.69) is 6.07 Å². The summed E-state index contributed by atoms with van der Waals surface area (Å²) in [6.07, 6.45) is 0.801. The number of nitriles is 1. The lowest BCUT2D eigenvalue weighted by Crippen LogP contribution is -2.28. The third-order valence-corrected chi connectivity index (χ3v) is 2.68. The van der Waals surface area contributed by atoms with E-state index < -0.39 is 0 Å². The minimum absolute atomic E-state index is 0.0117. The number of amides is 1. The fourth-order valence-electron chi connectivity index (χ4n) is 1.81. The molecule has 1 amide bonds. The third-order valence-electron chi connectivity index (χ3n) is 2.68. The summed E-state index contributed by atoms with van der Waals surface area (Å²) in [6.45, 7) is 1.27. The smallest absolute Gasteiger partial charge is 0.253 e. The molecule has 3 nitrogen and oxygen atoms in total. The summed E-state index contributed by atoms with van der Waals surface area (Å²) in [5.74, 6) is 0.0472. The van der Waals surface area contributed by atoms with Gasteiger partial charge in [-0.15, -0.1) is 0 Å². The molecule has 76 valence electrons. The van der Waals surface area contributed by atoms with E-state index in [-0.39, 0.29) is 11.8 Å². The maximum Gasteiger partial charge on any atom is 0.253 e. The van der Waals surface area contributed by atoms with Crippen molar-refractivity contribution >= 4 is 5.91 Å². The SMILES string of the molecule is N#CC1CCN(C(=O)c2ccccc2)C1. The lowest BCUT2D eigenvalue weighted by atomic mass is 10.1. The summed E-state index contributed by atoms with van der Waals surface area (Å²) < 4.78 is 0. The molecule has 1 aromatic rings. The Kier molecular flexibility index (Phi) is 2.68. The molecule has 0 saturated carbocycles. The van der Waals surface area contributed by atoms with Crippen molar-refractivity contribution < 1.29 is 4.79 Å². The average Bonchev–Trinajstić information content (AvgIpc) is 2.78. The molecule has 1 unspecified atom stereocenters. The Hall–Kier alpha value is -1.82. The van der Waals surface area contributed by atoms with Crippen molar-refractivity contribution in [1.82, 2.24) is 4.90 Å². The molecule has 3 heteroatoms. The molecule has 0 spiro atoms. The van der Waals surface area contributed by atoms with Gasteiger partial charge in [0, 0.05) is 18.7 Å². The van der Waals surface area contributed by atoms with Crippen molar-refractivity contribution in [2.24, 2.45) is 5.92 Å². The molecule has 1 fully saturated rings. The zero-order valence-electron chi connectivity index (χ0n) is 8.39. The Bertz CT molecular complexity index is 394. The van der Waals surface area contributed by atoms with Crippen LogP contribution in [-0.4, -0.2) is 23.9 Å². The maximum atomic E-state index is 11.9. The summed E-state index contributed by atoms with van der Waals surface area (Å²) in [7, 11) is 0. The topological polar surface area (TPSA) is 44.1 Å². The van der Waals surface area contributed by atoms with Gasteiger partial charge in [-0.3, -0.25) is 4.79 Å². The van der Waals surface area contributed by atoms with Crippen molar-refractivity contribution in [3.63, 3.8) is 0 Å². The van der Waals surface area contributed by atoms with E-state index in [1.807, 2.05) is 30.3 Å². The standard InChI is InChI=1S/C12H12N2O/c13-8-10-6-7-14(9-10)12(15)11-4-2-1-3-5-11/h1-5,10H,6-7,9H2. The first-order valence-electron chi connectivity index (χ1n) is 5.05. The van der Waals surface area contributed by atoms with Gasteiger partial charge in [-0.1, -0.05) is 18.2 Å². The van der Waals surface area contributed by atoms with Gasteiger partial charge in [0.25, 0.3) is 5.91 Å². The first-order chi connectivity index (χ1) is 7.31. The molecule has 1 aliphatic rings. The van der Waals surface area contributed by atoms with E-state index in [4.69, 9.17) is 5.26 Å². The Morgan fingerprint density at radius 1 is 1.40 bits per heavy atom. The molecule has 1 atom stereocenters. The summed E-state index contributed by atoms with van der Waals surface area (Å²) in [5.41, 5.74) is 0.705. The quantitative estimate of drug-likeness (QED) is 0.692. The highest BCUT2D eigenvalue weighted by atomic mass is 16.2. The Morgan fingerprint density at radius 3 is 2.73 bits per heavy atom. The predicted octanol–water partition coefficient (Wildman–Crippen LogP) is 1.67. The Balaban J connectivity index is 2.08. The lowest BCUT2D eigenvalue weighted by molar-refractivity contribution is 0.0790. The van der Waals surface area contributed by atoms with Crippen molar-refractivity contribution in [2.75, 3.05) is 13.1 Å². The molecule has 0 N–H and O–H groups in total. The first kappa shape index (κ1) is 9.72. The Labute approximate surface area is 88.9 Å². The minimum Gasteiger partial charge on any atom is -0.337 e. The van der Waals surface area contributed by atoms with Crippen molar-refractivity contribution in [3.8, 4) is 6.07 Å². The fraction of sp³-hybridized carbons (Fsp3) is 0.333. The van der Waals surface area contributed by atoms with Gasteiger partial charge in [-0.25, -0.2) is 0 Å². The van der Waals surface area contributed by atoms with Gasteiger partial charge in [-0.05, 0) is 18.6 Å². The Morgan fingerprint density at radius 2 is 2.13 bits per heavy atom. The summed E-state index contributed by atoms with van der Waals surface area (Å²) in [6, 6.07) is 11.4. The van der Waals surface area contributed by atoms with Crippen molar-refractivity contribution in [2.45, 2.75) is 6.42 Å². The first-order valence-corrected chi connectivity index (χ1v) is 5.05. The van der Waals surface area contributed by atoms with Gasteiger partial charge in [0.05, 0.1) is 12.0 Å². The zero-order chi connectivity index (χ0) is 10.7. The third kappa shape index (κ3) is 1.99. The largest absolute Gasteiger partial charge is 0.337 e. The molecule has 1 aromatic carbocycles. The predicted molar refractivity (Wildman–Crippen MR) is 56.1 cm³/mol. The molecule has 15 heavy (non-hydrogen) atoms. The van der Waals surface area contributed by atoms with Crippen LogP contribution < -0.4 is 0 Å². The van der Waals surface area contributed by atoms with Crippen LogP contribution in [0.25, 0.3) is 0 Å². The lowest BCUT2D eigenvalue weighted by Gasteiger charge is -2.15. The van der Waals surface area contributed by atoms with Crippen LogP contribution in [0.5, 0.6) is 0 Å². The van der Waals surface area contributed by atoms with E-state index in [9.17, 15) is 4.79 Å². The molecule has 1 heterocycles.